The van der Waals surface area contributed by atoms with Gasteiger partial charge in [-0.05, 0) is 24.6 Å². The molecule has 0 aromatic heterocycles. The normalized spacial score (nSPS) is 13.2. The van der Waals surface area contributed by atoms with E-state index in [1.54, 1.807) is 18.2 Å². The fraction of sp³-hybridized carbons (Fsp3) is 0.273. The highest BCUT2D eigenvalue weighted by molar-refractivity contribution is 9.10. The van der Waals surface area contributed by atoms with Crippen LogP contribution in [0.15, 0.2) is 27.8 Å². The SMILES string of the molecule is CCC(NC(=O)c1cc(Cl)cc(Br)c1)/C(N)=N/O. The number of halogens is 2. The number of nitrogens with two attached hydrogens (primary N) is 1. The van der Waals surface area contributed by atoms with E-state index in [0.717, 1.165) is 0 Å². The summed E-state index contributed by atoms with van der Waals surface area (Å²) in [7, 11) is 0. The summed E-state index contributed by atoms with van der Waals surface area (Å²) in [6, 6.07) is 4.35. The summed E-state index contributed by atoms with van der Waals surface area (Å²) in [5, 5.41) is 14.6. The third kappa shape index (κ3) is 3.89. The minimum Gasteiger partial charge on any atom is -0.409 e. The quantitative estimate of drug-likeness (QED) is 0.342. The van der Waals surface area contributed by atoms with Crippen LogP contribution in [0.25, 0.3) is 0 Å². The van der Waals surface area contributed by atoms with Crippen molar-refractivity contribution in [3.63, 3.8) is 0 Å². The zero-order chi connectivity index (χ0) is 13.7. The van der Waals surface area contributed by atoms with E-state index in [0.29, 0.717) is 21.5 Å². The Hall–Kier alpha value is -1.27. The van der Waals surface area contributed by atoms with Crippen LogP contribution in [0, 0.1) is 0 Å². The van der Waals surface area contributed by atoms with E-state index < -0.39 is 6.04 Å². The molecule has 7 heteroatoms. The molecule has 0 saturated heterocycles. The van der Waals surface area contributed by atoms with Gasteiger partial charge in [-0.25, -0.2) is 0 Å². The van der Waals surface area contributed by atoms with E-state index in [2.05, 4.69) is 26.4 Å². The number of amides is 1. The summed E-state index contributed by atoms with van der Waals surface area (Å²) in [4.78, 5) is 12.0. The highest BCUT2D eigenvalue weighted by Crippen LogP contribution is 2.19. The van der Waals surface area contributed by atoms with Crippen LogP contribution < -0.4 is 11.1 Å². The predicted molar refractivity (Wildman–Crippen MR) is 74.1 cm³/mol. The van der Waals surface area contributed by atoms with Crippen LogP contribution in [-0.2, 0) is 0 Å². The van der Waals surface area contributed by atoms with Gasteiger partial charge in [-0.2, -0.15) is 0 Å². The van der Waals surface area contributed by atoms with Gasteiger partial charge in [-0.1, -0.05) is 39.6 Å². The lowest BCUT2D eigenvalue weighted by atomic mass is 10.1. The molecule has 0 aliphatic rings. The van der Waals surface area contributed by atoms with Crippen LogP contribution in [0.2, 0.25) is 5.02 Å². The van der Waals surface area contributed by atoms with Crippen molar-refractivity contribution in [1.82, 2.24) is 5.32 Å². The van der Waals surface area contributed by atoms with E-state index in [1.807, 2.05) is 6.92 Å². The van der Waals surface area contributed by atoms with E-state index in [4.69, 9.17) is 22.5 Å². The van der Waals surface area contributed by atoms with E-state index in [1.165, 1.54) is 0 Å². The summed E-state index contributed by atoms with van der Waals surface area (Å²) < 4.78 is 0.706. The van der Waals surface area contributed by atoms with Crippen LogP contribution in [0.3, 0.4) is 0 Å². The summed E-state index contributed by atoms with van der Waals surface area (Å²) in [5.41, 5.74) is 5.87. The second-order valence-electron chi connectivity index (χ2n) is 3.62. The molecule has 18 heavy (non-hydrogen) atoms. The number of carbonyl (C=O) groups is 1. The first kappa shape index (κ1) is 14.8. The first-order valence-corrected chi connectivity index (χ1v) is 6.39. The minimum atomic E-state index is -0.514. The van der Waals surface area contributed by atoms with Crippen molar-refractivity contribution in [3.05, 3.63) is 33.3 Å². The van der Waals surface area contributed by atoms with Gasteiger partial charge in [0.2, 0.25) is 0 Å². The Morgan fingerprint density at radius 1 is 1.61 bits per heavy atom. The summed E-state index contributed by atoms with van der Waals surface area (Å²) >= 11 is 9.11. The molecule has 0 heterocycles. The average molecular weight is 335 g/mol. The molecule has 5 nitrogen and oxygen atoms in total. The number of benzene rings is 1. The predicted octanol–water partition coefficient (Wildman–Crippen LogP) is 2.36. The van der Waals surface area contributed by atoms with Crippen molar-refractivity contribution >= 4 is 39.3 Å². The van der Waals surface area contributed by atoms with Gasteiger partial charge in [-0.3, -0.25) is 4.79 Å². The number of carbonyl (C=O) groups excluding carboxylic acids is 1. The maximum atomic E-state index is 12.0. The molecule has 1 unspecified atom stereocenters. The van der Waals surface area contributed by atoms with E-state index in [-0.39, 0.29) is 11.7 Å². The van der Waals surface area contributed by atoms with Crippen molar-refractivity contribution < 1.29 is 10.0 Å². The highest BCUT2D eigenvalue weighted by atomic mass is 79.9. The average Bonchev–Trinajstić information content (AvgIpc) is 2.33. The molecule has 0 saturated carbocycles. The van der Waals surface area contributed by atoms with Crippen LogP contribution in [0.1, 0.15) is 23.7 Å². The number of amidine groups is 1. The van der Waals surface area contributed by atoms with Gasteiger partial charge in [0.15, 0.2) is 5.84 Å². The van der Waals surface area contributed by atoms with Crippen molar-refractivity contribution in [3.8, 4) is 0 Å². The minimum absolute atomic E-state index is 0.0352. The van der Waals surface area contributed by atoms with Crippen LogP contribution in [0.4, 0.5) is 0 Å². The second-order valence-corrected chi connectivity index (χ2v) is 4.97. The Balaban J connectivity index is 2.87. The molecule has 0 fully saturated rings. The van der Waals surface area contributed by atoms with Crippen molar-refractivity contribution in [2.24, 2.45) is 10.9 Å². The second kappa shape index (κ2) is 6.61. The number of oxime groups is 1. The van der Waals surface area contributed by atoms with Gasteiger partial charge in [0, 0.05) is 15.1 Å². The summed E-state index contributed by atoms with van der Waals surface area (Å²) in [6.07, 6.45) is 0.517. The largest absolute Gasteiger partial charge is 0.409 e. The third-order valence-corrected chi connectivity index (χ3v) is 2.99. The Morgan fingerprint density at radius 2 is 2.28 bits per heavy atom. The zero-order valence-electron chi connectivity index (χ0n) is 9.65. The third-order valence-electron chi connectivity index (χ3n) is 2.31. The topological polar surface area (TPSA) is 87.7 Å². The standard InChI is InChI=1S/C11H13BrClN3O2/c1-2-9(10(14)16-18)15-11(17)6-3-7(12)5-8(13)4-6/h3-5,9,18H,2H2,1H3,(H2,14,16)(H,15,17). The maximum absolute atomic E-state index is 12.0. The Labute approximate surface area is 118 Å². The number of rotatable bonds is 4. The lowest BCUT2D eigenvalue weighted by Gasteiger charge is -2.15. The first-order chi connectivity index (χ1) is 8.47. The molecule has 0 bridgehead atoms. The van der Waals surface area contributed by atoms with Crippen LogP contribution in [0.5, 0.6) is 0 Å². The molecule has 1 aromatic carbocycles. The Kier molecular flexibility index (Phi) is 5.43. The van der Waals surface area contributed by atoms with Gasteiger partial charge in [-0.15, -0.1) is 0 Å². The highest BCUT2D eigenvalue weighted by Gasteiger charge is 2.16. The Morgan fingerprint density at radius 3 is 2.78 bits per heavy atom. The number of nitrogens with zero attached hydrogens (tertiary/aromatic N) is 1. The van der Waals surface area contributed by atoms with Crippen LogP contribution >= 0.6 is 27.5 Å². The summed E-state index contributed by atoms with van der Waals surface area (Å²) in [6.45, 7) is 1.82. The summed E-state index contributed by atoms with van der Waals surface area (Å²) in [5.74, 6) is -0.372. The molecule has 4 N–H and O–H groups in total. The van der Waals surface area contributed by atoms with E-state index >= 15 is 0 Å². The molecule has 1 atom stereocenters. The molecule has 0 aliphatic carbocycles. The molecule has 1 rings (SSSR count). The molecule has 1 aromatic rings. The molecule has 1 amide bonds. The molecule has 0 aliphatic heterocycles. The van der Waals surface area contributed by atoms with Gasteiger partial charge < -0.3 is 16.3 Å². The molecule has 98 valence electrons. The number of hydrogen-bond donors (Lipinski definition) is 3. The van der Waals surface area contributed by atoms with Crippen molar-refractivity contribution in [2.75, 3.05) is 0 Å². The Bertz CT molecular complexity index is 459. The fourth-order valence-electron chi connectivity index (χ4n) is 1.38. The molecule has 0 radical (unpaired) electrons. The zero-order valence-corrected chi connectivity index (χ0v) is 12.0. The number of nitrogens with one attached hydrogen (secondary N) is 1. The van der Waals surface area contributed by atoms with Gasteiger partial charge in [0.1, 0.15) is 0 Å². The van der Waals surface area contributed by atoms with Crippen molar-refractivity contribution in [1.29, 1.82) is 0 Å². The van der Waals surface area contributed by atoms with Crippen LogP contribution in [-0.4, -0.2) is 23.0 Å². The van der Waals surface area contributed by atoms with E-state index in [9.17, 15) is 4.79 Å². The molecular weight excluding hydrogens is 321 g/mol. The smallest absolute Gasteiger partial charge is 0.251 e. The first-order valence-electron chi connectivity index (χ1n) is 5.22. The van der Waals surface area contributed by atoms with Gasteiger partial charge >= 0.3 is 0 Å². The lowest BCUT2D eigenvalue weighted by molar-refractivity contribution is 0.0945. The maximum Gasteiger partial charge on any atom is 0.251 e. The monoisotopic (exact) mass is 333 g/mol. The van der Waals surface area contributed by atoms with Gasteiger partial charge in [0.05, 0.1) is 6.04 Å². The molecular formula is C11H13BrClN3O2. The number of hydrogen-bond acceptors (Lipinski definition) is 3. The van der Waals surface area contributed by atoms with Gasteiger partial charge in [0.25, 0.3) is 5.91 Å². The molecule has 0 spiro atoms. The van der Waals surface area contributed by atoms with Crippen molar-refractivity contribution in [2.45, 2.75) is 19.4 Å². The lowest BCUT2D eigenvalue weighted by Crippen LogP contribution is -2.44. The fourth-order valence-corrected chi connectivity index (χ4v) is 2.24.